The number of thioether (sulfide) groups is 1. The second-order valence-electron chi connectivity index (χ2n) is 10.1. The topological polar surface area (TPSA) is 69.0 Å². The van der Waals surface area contributed by atoms with Crippen LogP contribution in [-0.2, 0) is 11.3 Å². The number of para-hydroxylation sites is 1. The van der Waals surface area contributed by atoms with Crippen LogP contribution in [0, 0.1) is 23.2 Å². The molecule has 0 spiro atoms. The summed E-state index contributed by atoms with van der Waals surface area (Å²) in [6, 6.07) is 8.08. The molecule has 6 nitrogen and oxygen atoms in total. The van der Waals surface area contributed by atoms with Crippen molar-refractivity contribution in [3.8, 4) is 17.1 Å². The molecule has 7 heteroatoms. The number of hydrogen-bond acceptors (Lipinski definition) is 5. The minimum absolute atomic E-state index is 0.0998. The smallest absolute Gasteiger partial charge is 0.230 e. The van der Waals surface area contributed by atoms with E-state index in [1.165, 1.54) is 50.3 Å². The molecule has 4 saturated carbocycles. The van der Waals surface area contributed by atoms with Gasteiger partial charge < -0.3 is 14.6 Å². The molecular formula is C25H34N4O2S. The van der Waals surface area contributed by atoms with Gasteiger partial charge in [-0.15, -0.1) is 10.2 Å². The van der Waals surface area contributed by atoms with Gasteiger partial charge >= 0.3 is 0 Å². The summed E-state index contributed by atoms with van der Waals surface area (Å²) in [5, 5.41) is 12.9. The molecule has 1 amide bonds. The van der Waals surface area contributed by atoms with Crippen LogP contribution in [0.5, 0.6) is 5.75 Å². The van der Waals surface area contributed by atoms with Crippen molar-refractivity contribution in [3.63, 3.8) is 0 Å². The number of nitrogens with one attached hydrogen (secondary N) is 1. The van der Waals surface area contributed by atoms with Crippen molar-refractivity contribution >= 4 is 17.7 Å². The monoisotopic (exact) mass is 454 g/mol. The van der Waals surface area contributed by atoms with E-state index in [4.69, 9.17) is 4.74 Å². The Morgan fingerprint density at radius 3 is 2.47 bits per heavy atom. The van der Waals surface area contributed by atoms with Crippen molar-refractivity contribution in [2.45, 2.75) is 70.1 Å². The SMILES string of the molecule is CCn1c(SCC(=O)NC(C)C23CC4CC(CC(C4)C2)C3)nnc1-c1ccccc1OC. The second-order valence-corrected chi connectivity index (χ2v) is 11.1. The van der Waals surface area contributed by atoms with E-state index in [-0.39, 0.29) is 11.9 Å². The molecule has 4 aliphatic rings. The molecule has 0 saturated heterocycles. The molecule has 32 heavy (non-hydrogen) atoms. The zero-order valence-electron chi connectivity index (χ0n) is 19.3. The van der Waals surface area contributed by atoms with E-state index in [0.717, 1.165) is 46.6 Å². The van der Waals surface area contributed by atoms with Crippen LogP contribution in [0.1, 0.15) is 52.4 Å². The highest BCUT2D eigenvalue weighted by Gasteiger charge is 2.53. The van der Waals surface area contributed by atoms with Crippen LogP contribution < -0.4 is 10.1 Å². The molecule has 4 aliphatic carbocycles. The third-order valence-electron chi connectivity index (χ3n) is 8.09. The molecule has 1 heterocycles. The predicted octanol–water partition coefficient (Wildman–Crippen LogP) is 4.79. The molecule has 0 aliphatic heterocycles. The van der Waals surface area contributed by atoms with E-state index in [2.05, 4.69) is 33.9 Å². The fraction of sp³-hybridized carbons (Fsp3) is 0.640. The number of ether oxygens (including phenoxy) is 1. The predicted molar refractivity (Wildman–Crippen MR) is 127 cm³/mol. The van der Waals surface area contributed by atoms with E-state index in [1.807, 2.05) is 24.3 Å². The van der Waals surface area contributed by atoms with Gasteiger partial charge in [-0.05, 0) is 87.7 Å². The Balaban J connectivity index is 1.23. The summed E-state index contributed by atoms with van der Waals surface area (Å²) in [5.41, 5.74) is 1.24. The molecule has 172 valence electrons. The molecule has 1 atom stereocenters. The summed E-state index contributed by atoms with van der Waals surface area (Å²) >= 11 is 1.46. The van der Waals surface area contributed by atoms with Gasteiger partial charge in [0, 0.05) is 12.6 Å². The lowest BCUT2D eigenvalue weighted by atomic mass is 9.48. The number of carbonyl (C=O) groups is 1. The highest BCUT2D eigenvalue weighted by Crippen LogP contribution is 2.61. The molecule has 4 fully saturated rings. The van der Waals surface area contributed by atoms with Crippen molar-refractivity contribution in [2.24, 2.45) is 23.2 Å². The van der Waals surface area contributed by atoms with E-state index >= 15 is 0 Å². The summed E-state index contributed by atoms with van der Waals surface area (Å²) in [4.78, 5) is 12.9. The number of carbonyl (C=O) groups excluding carboxylic acids is 1. The number of amides is 1. The second kappa shape index (κ2) is 8.73. The van der Waals surface area contributed by atoms with Gasteiger partial charge in [0.05, 0.1) is 18.4 Å². The first-order valence-electron chi connectivity index (χ1n) is 12.0. The fourth-order valence-corrected chi connectivity index (χ4v) is 7.80. The van der Waals surface area contributed by atoms with Gasteiger partial charge in [0.25, 0.3) is 0 Å². The molecule has 0 radical (unpaired) electrons. The third-order valence-corrected chi connectivity index (χ3v) is 9.06. The van der Waals surface area contributed by atoms with Crippen molar-refractivity contribution in [1.82, 2.24) is 20.1 Å². The third kappa shape index (κ3) is 3.93. The van der Waals surface area contributed by atoms with Gasteiger partial charge in [-0.2, -0.15) is 0 Å². The number of aromatic nitrogens is 3. The standard InChI is InChI=1S/C25H34N4O2S/c1-4-29-23(20-7-5-6-8-21(20)31-3)27-28-24(29)32-15-22(30)26-16(2)25-12-17-9-18(13-25)11-19(10-17)14-25/h5-8,16-19H,4,9-15H2,1-3H3,(H,26,30). The molecule has 4 bridgehead atoms. The van der Waals surface area contributed by atoms with Crippen LogP contribution in [-0.4, -0.2) is 39.6 Å². The van der Waals surface area contributed by atoms with Gasteiger partial charge in [0.1, 0.15) is 5.75 Å². The van der Waals surface area contributed by atoms with Gasteiger partial charge in [0.2, 0.25) is 5.91 Å². The maximum Gasteiger partial charge on any atom is 0.230 e. The number of rotatable bonds is 8. The summed E-state index contributed by atoms with van der Waals surface area (Å²) in [5.74, 6) is 4.69. The fourth-order valence-electron chi connectivity index (χ4n) is 6.98. The molecule has 1 aromatic heterocycles. The molecular weight excluding hydrogens is 420 g/mol. The lowest BCUT2D eigenvalue weighted by Crippen LogP contribution is -2.56. The molecule has 1 unspecified atom stereocenters. The average Bonchev–Trinajstić information content (AvgIpc) is 3.19. The first kappa shape index (κ1) is 21.8. The lowest BCUT2D eigenvalue weighted by molar-refractivity contribution is -0.123. The molecule has 1 N–H and O–H groups in total. The number of benzene rings is 1. The van der Waals surface area contributed by atoms with Gasteiger partial charge in [-0.3, -0.25) is 4.79 Å². The Kier molecular flexibility index (Phi) is 5.95. The zero-order valence-corrected chi connectivity index (χ0v) is 20.2. The molecule has 6 rings (SSSR count). The largest absolute Gasteiger partial charge is 0.496 e. The van der Waals surface area contributed by atoms with Gasteiger partial charge in [-0.25, -0.2) is 0 Å². The Hall–Kier alpha value is -2.02. The Morgan fingerprint density at radius 2 is 1.84 bits per heavy atom. The maximum atomic E-state index is 12.9. The van der Waals surface area contributed by atoms with Crippen LogP contribution in [0.4, 0.5) is 0 Å². The minimum Gasteiger partial charge on any atom is -0.496 e. The van der Waals surface area contributed by atoms with Crippen molar-refractivity contribution in [2.75, 3.05) is 12.9 Å². The minimum atomic E-state index is 0.0998. The zero-order chi connectivity index (χ0) is 22.3. The highest BCUT2D eigenvalue weighted by atomic mass is 32.2. The Labute approximate surface area is 194 Å². The van der Waals surface area contributed by atoms with E-state index in [0.29, 0.717) is 11.2 Å². The van der Waals surface area contributed by atoms with Crippen molar-refractivity contribution in [3.05, 3.63) is 24.3 Å². The summed E-state index contributed by atoms with van der Waals surface area (Å²) < 4.78 is 7.55. The van der Waals surface area contributed by atoms with Crippen LogP contribution in [0.2, 0.25) is 0 Å². The van der Waals surface area contributed by atoms with Gasteiger partial charge in [0.15, 0.2) is 11.0 Å². The maximum absolute atomic E-state index is 12.9. The van der Waals surface area contributed by atoms with Crippen LogP contribution in [0.25, 0.3) is 11.4 Å². The average molecular weight is 455 g/mol. The van der Waals surface area contributed by atoms with E-state index < -0.39 is 0 Å². The van der Waals surface area contributed by atoms with E-state index in [9.17, 15) is 4.79 Å². The molecule has 1 aromatic carbocycles. The highest BCUT2D eigenvalue weighted by molar-refractivity contribution is 7.99. The Morgan fingerprint density at radius 1 is 1.19 bits per heavy atom. The van der Waals surface area contributed by atoms with E-state index in [1.54, 1.807) is 7.11 Å². The number of methoxy groups -OCH3 is 1. The first-order chi connectivity index (χ1) is 15.5. The van der Waals surface area contributed by atoms with Crippen molar-refractivity contribution in [1.29, 1.82) is 0 Å². The number of hydrogen-bond donors (Lipinski definition) is 1. The van der Waals surface area contributed by atoms with Crippen LogP contribution in [0.15, 0.2) is 29.4 Å². The normalized spacial score (nSPS) is 29.2. The van der Waals surface area contributed by atoms with Gasteiger partial charge in [-0.1, -0.05) is 23.9 Å². The van der Waals surface area contributed by atoms with Crippen molar-refractivity contribution < 1.29 is 9.53 Å². The van der Waals surface area contributed by atoms with Crippen LogP contribution >= 0.6 is 11.8 Å². The summed E-state index contributed by atoms with van der Waals surface area (Å²) in [6.07, 6.45) is 8.20. The lowest BCUT2D eigenvalue weighted by Gasteiger charge is -2.59. The number of nitrogens with zero attached hydrogens (tertiary/aromatic N) is 3. The summed E-state index contributed by atoms with van der Waals surface area (Å²) in [7, 11) is 1.66. The quantitative estimate of drug-likeness (QED) is 0.581. The molecule has 2 aromatic rings. The summed E-state index contributed by atoms with van der Waals surface area (Å²) in [6.45, 7) is 5.04. The Bertz CT molecular complexity index is 953. The first-order valence-corrected chi connectivity index (χ1v) is 13.0. The van der Waals surface area contributed by atoms with Crippen LogP contribution in [0.3, 0.4) is 0 Å².